The summed E-state index contributed by atoms with van der Waals surface area (Å²) in [6, 6.07) is -5.19. The number of nitrogens with two attached hydrogens (primary N) is 1. The molecule has 0 spiro atoms. The summed E-state index contributed by atoms with van der Waals surface area (Å²) in [6.07, 6.45) is 9.05. The van der Waals surface area contributed by atoms with Crippen molar-refractivity contribution >= 4 is 41.6 Å². The first-order valence-corrected chi connectivity index (χ1v) is 24.8. The molecular formula is C49H91N7O11. The van der Waals surface area contributed by atoms with E-state index in [0.717, 1.165) is 44.9 Å². The highest BCUT2D eigenvalue weighted by atomic mass is 16.6. The van der Waals surface area contributed by atoms with Crippen molar-refractivity contribution in [1.29, 1.82) is 0 Å². The highest BCUT2D eigenvalue weighted by Gasteiger charge is 2.39. The molecule has 388 valence electrons. The second-order valence-electron chi connectivity index (χ2n) is 21.2. The molecule has 1 aliphatic rings. The number of nitrogens with one attached hydrogen (secondary N) is 5. The van der Waals surface area contributed by atoms with Gasteiger partial charge in [-0.3, -0.25) is 24.0 Å². The summed E-state index contributed by atoms with van der Waals surface area (Å²) in [6.45, 7) is 20.6. The largest absolute Gasteiger partial charge is 0.480 e. The molecule has 1 saturated carbocycles. The van der Waals surface area contributed by atoms with Gasteiger partial charge in [0.05, 0.1) is 25.2 Å². The van der Waals surface area contributed by atoms with Crippen LogP contribution in [0.1, 0.15) is 166 Å². The molecule has 0 aromatic carbocycles. The van der Waals surface area contributed by atoms with Gasteiger partial charge in [-0.05, 0) is 83.5 Å². The second kappa shape index (κ2) is 31.2. The van der Waals surface area contributed by atoms with E-state index in [2.05, 4.69) is 33.5 Å². The molecular weight excluding hydrogens is 863 g/mol. The van der Waals surface area contributed by atoms with Gasteiger partial charge in [-0.15, -0.1) is 0 Å². The van der Waals surface area contributed by atoms with Crippen molar-refractivity contribution in [3.63, 3.8) is 0 Å². The number of carbonyl (C=O) groups excluding carboxylic acids is 6. The molecule has 1 rings (SSSR count). The Morgan fingerprint density at radius 2 is 1.42 bits per heavy atom. The Bertz CT molecular complexity index is 1520. The topological polar surface area (TPSA) is 257 Å². The van der Waals surface area contributed by atoms with Gasteiger partial charge in [0.15, 0.2) is 6.04 Å². The summed E-state index contributed by atoms with van der Waals surface area (Å²) in [5, 5.41) is 23.6. The number of carboxylic acid groups (broad SMARTS) is 1. The number of rotatable bonds is 31. The lowest BCUT2D eigenvalue weighted by Crippen LogP contribution is -2.62. The standard InChI is InChI=1S/C49H91N7O11/c1-13-14-15-19-24-39(66-30-33(4)50)34(5)45(61)56(12)38(27-32(2)3)43(59)55-41(35-22-17-16-18-23-35)44(60)53-36(29-52-40(57)28-48(6,7)8)42(58)54-37(46(62)63)31-65-26-21-20-25-51-47(64)67-49(9,10)11/h32-39,41H,13-31,50H2,1-12H3,(H,51,64)(H,52,57)(H,53,60)(H,54,58)(H,55,59)(H,62,63)/t33-,34-,36+,37+,38+,39-,41+/m1/s1. The van der Waals surface area contributed by atoms with E-state index in [9.17, 15) is 38.7 Å². The summed E-state index contributed by atoms with van der Waals surface area (Å²) >= 11 is 0. The van der Waals surface area contributed by atoms with E-state index >= 15 is 0 Å². The molecule has 6 amide bonds. The van der Waals surface area contributed by atoms with Crippen LogP contribution in [0.15, 0.2) is 0 Å². The van der Waals surface area contributed by atoms with E-state index in [1.165, 1.54) is 4.90 Å². The third-order valence-electron chi connectivity index (χ3n) is 11.5. The molecule has 0 heterocycles. The molecule has 0 unspecified atom stereocenters. The van der Waals surface area contributed by atoms with Gasteiger partial charge in [0.25, 0.3) is 0 Å². The van der Waals surface area contributed by atoms with Crippen molar-refractivity contribution < 1.29 is 52.9 Å². The van der Waals surface area contributed by atoms with Crippen molar-refractivity contribution in [3.05, 3.63) is 0 Å². The van der Waals surface area contributed by atoms with Crippen LogP contribution in [-0.2, 0) is 43.0 Å². The monoisotopic (exact) mass is 954 g/mol. The molecule has 0 saturated heterocycles. The number of hydrogen-bond donors (Lipinski definition) is 7. The van der Waals surface area contributed by atoms with Gasteiger partial charge in [-0.25, -0.2) is 9.59 Å². The molecule has 8 N–H and O–H groups in total. The lowest BCUT2D eigenvalue weighted by atomic mass is 9.83. The zero-order chi connectivity index (χ0) is 50.9. The maximum atomic E-state index is 14.5. The van der Waals surface area contributed by atoms with Crippen LogP contribution >= 0.6 is 0 Å². The normalized spacial score (nSPS) is 16.6. The average Bonchev–Trinajstić information content (AvgIpc) is 3.22. The average molecular weight is 954 g/mol. The van der Waals surface area contributed by atoms with Crippen molar-refractivity contribution in [1.82, 2.24) is 31.5 Å². The number of aliphatic carboxylic acids is 1. The number of ether oxygens (including phenoxy) is 3. The quantitative estimate of drug-likeness (QED) is 0.0443. The van der Waals surface area contributed by atoms with Crippen molar-refractivity contribution in [3.8, 4) is 0 Å². The number of carbonyl (C=O) groups is 7. The first-order chi connectivity index (χ1) is 31.3. The minimum atomic E-state index is -1.50. The van der Waals surface area contributed by atoms with E-state index in [1.54, 1.807) is 27.8 Å². The number of alkyl carbamates (subject to hydrolysis) is 1. The van der Waals surface area contributed by atoms with Crippen LogP contribution in [0, 0.1) is 23.2 Å². The molecule has 0 bridgehead atoms. The molecule has 0 aromatic rings. The predicted octanol–water partition coefficient (Wildman–Crippen LogP) is 5.19. The van der Waals surface area contributed by atoms with Gasteiger partial charge in [-0.1, -0.05) is 93.4 Å². The van der Waals surface area contributed by atoms with Gasteiger partial charge in [0.2, 0.25) is 29.5 Å². The fourth-order valence-corrected chi connectivity index (χ4v) is 7.87. The summed E-state index contributed by atoms with van der Waals surface area (Å²) in [4.78, 5) is 95.9. The third kappa shape index (κ3) is 26.3. The van der Waals surface area contributed by atoms with Crippen LogP contribution in [0.25, 0.3) is 0 Å². The molecule has 1 fully saturated rings. The molecule has 0 aliphatic heterocycles. The Balaban J connectivity index is 3.35. The second-order valence-corrected chi connectivity index (χ2v) is 21.2. The fourth-order valence-electron chi connectivity index (χ4n) is 7.87. The molecule has 0 aromatic heterocycles. The predicted molar refractivity (Wildman–Crippen MR) is 259 cm³/mol. The maximum Gasteiger partial charge on any atom is 0.407 e. The van der Waals surface area contributed by atoms with Crippen LogP contribution < -0.4 is 32.3 Å². The molecule has 0 radical (unpaired) electrons. The molecule has 7 atom stereocenters. The molecule has 67 heavy (non-hydrogen) atoms. The van der Waals surface area contributed by atoms with Crippen molar-refractivity contribution in [2.75, 3.05) is 40.0 Å². The number of hydrogen-bond acceptors (Lipinski definition) is 11. The third-order valence-corrected chi connectivity index (χ3v) is 11.5. The number of nitrogens with zero attached hydrogens (tertiary/aromatic N) is 1. The Morgan fingerprint density at radius 3 is 1.99 bits per heavy atom. The van der Waals surface area contributed by atoms with Gasteiger partial charge < -0.3 is 56.5 Å². The number of amides is 6. The summed E-state index contributed by atoms with van der Waals surface area (Å²) < 4.78 is 17.0. The Morgan fingerprint density at radius 1 is 0.776 bits per heavy atom. The van der Waals surface area contributed by atoms with Crippen LogP contribution in [0.2, 0.25) is 0 Å². The van der Waals surface area contributed by atoms with E-state index in [4.69, 9.17) is 19.9 Å². The maximum absolute atomic E-state index is 14.5. The van der Waals surface area contributed by atoms with E-state index in [-0.39, 0.29) is 61.3 Å². The molecule has 18 heteroatoms. The first kappa shape index (κ1) is 61.0. The number of carboxylic acids is 1. The smallest absolute Gasteiger partial charge is 0.407 e. The van der Waals surface area contributed by atoms with E-state index in [1.807, 2.05) is 48.5 Å². The number of likely N-dealkylation sites (N-methyl/N-ethyl adjacent to an activating group) is 1. The Hall–Kier alpha value is -4.03. The van der Waals surface area contributed by atoms with Crippen LogP contribution in [0.3, 0.4) is 0 Å². The summed E-state index contributed by atoms with van der Waals surface area (Å²) in [7, 11) is 1.61. The van der Waals surface area contributed by atoms with E-state index < -0.39 is 78.2 Å². The van der Waals surface area contributed by atoms with Crippen molar-refractivity contribution in [2.45, 2.75) is 208 Å². The highest BCUT2D eigenvalue weighted by Crippen LogP contribution is 2.28. The Labute approximate surface area is 401 Å². The number of unbranched alkanes of at least 4 members (excludes halogenated alkanes) is 4. The van der Waals surface area contributed by atoms with Crippen LogP contribution in [0.5, 0.6) is 0 Å². The lowest BCUT2D eigenvalue weighted by Gasteiger charge is -2.36. The minimum Gasteiger partial charge on any atom is -0.480 e. The van der Waals surface area contributed by atoms with Gasteiger partial charge in [0.1, 0.15) is 23.7 Å². The first-order valence-electron chi connectivity index (χ1n) is 24.8. The zero-order valence-corrected chi connectivity index (χ0v) is 43.2. The molecule has 18 nitrogen and oxygen atoms in total. The summed E-state index contributed by atoms with van der Waals surface area (Å²) in [5.41, 5.74) is 5.00. The fraction of sp³-hybridized carbons (Fsp3) is 0.857. The Kier molecular flexibility index (Phi) is 28.4. The van der Waals surface area contributed by atoms with Gasteiger partial charge in [0, 0.05) is 39.2 Å². The lowest BCUT2D eigenvalue weighted by molar-refractivity contribution is -0.147. The molecule has 1 aliphatic carbocycles. The van der Waals surface area contributed by atoms with Crippen LogP contribution in [0.4, 0.5) is 4.79 Å². The van der Waals surface area contributed by atoms with E-state index in [0.29, 0.717) is 45.1 Å². The van der Waals surface area contributed by atoms with Gasteiger partial charge in [-0.2, -0.15) is 0 Å². The highest BCUT2D eigenvalue weighted by molar-refractivity contribution is 5.95. The zero-order valence-electron chi connectivity index (χ0n) is 43.2. The summed E-state index contributed by atoms with van der Waals surface area (Å²) in [5.74, 6) is -4.94. The van der Waals surface area contributed by atoms with Gasteiger partial charge >= 0.3 is 12.1 Å². The van der Waals surface area contributed by atoms with Crippen LogP contribution in [-0.4, -0.2) is 133 Å². The SMILES string of the molecule is CCCCCC[C@@H](OC[C@@H](C)N)[C@@H](C)C(=O)N(C)[C@@H](CC(C)C)C(=O)N[C@H](C(=O)N[C@@H](CNC(=O)CC(C)(C)C)C(=O)N[C@@H](COCCCCNC(=O)OC(C)(C)C)C(=O)O)C1CCCCC1. The minimum absolute atomic E-state index is 0.000409. The van der Waals surface area contributed by atoms with Crippen molar-refractivity contribution in [2.24, 2.45) is 28.9 Å².